The molecule has 0 bridgehead atoms. The number of nitrogens with one attached hydrogen (secondary N) is 1. The van der Waals surface area contributed by atoms with Crippen LogP contribution in [0.4, 0.5) is 0 Å². The van der Waals surface area contributed by atoms with Crippen molar-refractivity contribution in [2.75, 3.05) is 13.2 Å². The number of hydrogen-bond donors (Lipinski definition) is 2. The lowest BCUT2D eigenvalue weighted by Crippen LogP contribution is -2.50. The average molecular weight is 291 g/mol. The topological polar surface area (TPSA) is 58.6 Å². The van der Waals surface area contributed by atoms with E-state index in [1.54, 1.807) is 6.92 Å². The Labute approximate surface area is 126 Å². The van der Waals surface area contributed by atoms with Gasteiger partial charge in [-0.05, 0) is 57.2 Å². The first kappa shape index (κ1) is 16.0. The Morgan fingerprint density at radius 1 is 1.38 bits per heavy atom. The maximum absolute atomic E-state index is 11.9. The van der Waals surface area contributed by atoms with Gasteiger partial charge < -0.3 is 9.84 Å². The smallest absolute Gasteiger partial charge is 0.328 e. The molecule has 1 aliphatic heterocycles. The fraction of sp³-hybridized carbons (Fsp3) is 0.588. The fourth-order valence-electron chi connectivity index (χ4n) is 3.36. The lowest BCUT2D eigenvalue weighted by Gasteiger charge is -2.31. The SMILES string of the molecule is Cc1cc(C)c(C(C)(NCC2CCCO2)C(=O)O)c(C)c1. The summed E-state index contributed by atoms with van der Waals surface area (Å²) in [4.78, 5) is 11.9. The normalized spacial score (nSPS) is 21.2. The molecule has 21 heavy (non-hydrogen) atoms. The van der Waals surface area contributed by atoms with E-state index in [0.717, 1.165) is 41.7 Å². The van der Waals surface area contributed by atoms with Crippen LogP contribution in [-0.4, -0.2) is 30.3 Å². The van der Waals surface area contributed by atoms with E-state index in [0.29, 0.717) is 6.54 Å². The third-order valence-electron chi connectivity index (χ3n) is 4.31. The van der Waals surface area contributed by atoms with Crippen molar-refractivity contribution in [1.82, 2.24) is 5.32 Å². The second-order valence-corrected chi connectivity index (χ2v) is 6.22. The van der Waals surface area contributed by atoms with Gasteiger partial charge in [-0.3, -0.25) is 5.32 Å². The number of rotatable bonds is 5. The first-order valence-corrected chi connectivity index (χ1v) is 7.53. The molecule has 0 aliphatic carbocycles. The lowest BCUT2D eigenvalue weighted by molar-refractivity contribution is -0.144. The summed E-state index contributed by atoms with van der Waals surface area (Å²) < 4.78 is 5.59. The predicted octanol–water partition coefficient (Wildman–Crippen LogP) is 2.68. The Morgan fingerprint density at radius 3 is 2.48 bits per heavy atom. The molecule has 1 fully saturated rings. The average Bonchev–Trinajstić information content (AvgIpc) is 2.87. The van der Waals surface area contributed by atoms with E-state index >= 15 is 0 Å². The van der Waals surface area contributed by atoms with Crippen LogP contribution in [0.3, 0.4) is 0 Å². The van der Waals surface area contributed by atoms with Crippen molar-refractivity contribution in [3.8, 4) is 0 Å². The van der Waals surface area contributed by atoms with Crippen molar-refractivity contribution in [3.63, 3.8) is 0 Å². The van der Waals surface area contributed by atoms with Gasteiger partial charge in [0.15, 0.2) is 0 Å². The van der Waals surface area contributed by atoms with Gasteiger partial charge in [-0.25, -0.2) is 4.79 Å². The Hall–Kier alpha value is -1.39. The molecule has 4 heteroatoms. The second kappa shape index (κ2) is 6.16. The minimum Gasteiger partial charge on any atom is -0.480 e. The molecule has 1 aromatic carbocycles. The number of aliphatic carboxylic acids is 1. The maximum Gasteiger partial charge on any atom is 0.328 e. The van der Waals surface area contributed by atoms with Crippen LogP contribution in [0.5, 0.6) is 0 Å². The van der Waals surface area contributed by atoms with Gasteiger partial charge >= 0.3 is 5.97 Å². The highest BCUT2D eigenvalue weighted by Crippen LogP contribution is 2.29. The summed E-state index contributed by atoms with van der Waals surface area (Å²) in [6.45, 7) is 9.07. The van der Waals surface area contributed by atoms with Gasteiger partial charge in [-0.2, -0.15) is 0 Å². The van der Waals surface area contributed by atoms with Crippen LogP contribution in [0.1, 0.15) is 42.0 Å². The number of ether oxygens (including phenoxy) is 1. The third-order valence-corrected chi connectivity index (χ3v) is 4.31. The number of benzene rings is 1. The van der Waals surface area contributed by atoms with E-state index in [4.69, 9.17) is 4.74 Å². The zero-order valence-corrected chi connectivity index (χ0v) is 13.3. The van der Waals surface area contributed by atoms with Crippen LogP contribution in [0, 0.1) is 20.8 Å². The van der Waals surface area contributed by atoms with Gasteiger partial charge in [0.05, 0.1) is 6.10 Å². The lowest BCUT2D eigenvalue weighted by atomic mass is 9.84. The van der Waals surface area contributed by atoms with Crippen LogP contribution in [0.15, 0.2) is 12.1 Å². The van der Waals surface area contributed by atoms with Gasteiger partial charge in [0, 0.05) is 13.2 Å². The largest absolute Gasteiger partial charge is 0.480 e. The molecule has 2 rings (SSSR count). The van der Waals surface area contributed by atoms with E-state index < -0.39 is 11.5 Å². The van der Waals surface area contributed by atoms with Crippen molar-refractivity contribution >= 4 is 5.97 Å². The second-order valence-electron chi connectivity index (χ2n) is 6.22. The summed E-state index contributed by atoms with van der Waals surface area (Å²) in [6, 6.07) is 4.08. The van der Waals surface area contributed by atoms with Crippen molar-refractivity contribution in [2.45, 2.75) is 52.2 Å². The Morgan fingerprint density at radius 2 is 2.00 bits per heavy atom. The predicted molar refractivity (Wildman–Crippen MR) is 82.6 cm³/mol. The quantitative estimate of drug-likeness (QED) is 0.875. The molecule has 2 unspecified atom stereocenters. The molecule has 116 valence electrons. The van der Waals surface area contributed by atoms with E-state index in [2.05, 4.69) is 5.32 Å². The first-order valence-electron chi connectivity index (χ1n) is 7.53. The Bertz CT molecular complexity index is 512. The maximum atomic E-state index is 11.9. The van der Waals surface area contributed by atoms with Crippen molar-refractivity contribution in [3.05, 3.63) is 34.4 Å². The summed E-state index contributed by atoms with van der Waals surface area (Å²) >= 11 is 0. The van der Waals surface area contributed by atoms with Crippen molar-refractivity contribution in [1.29, 1.82) is 0 Å². The van der Waals surface area contributed by atoms with E-state index in [9.17, 15) is 9.90 Å². The third kappa shape index (κ3) is 3.27. The van der Waals surface area contributed by atoms with E-state index in [-0.39, 0.29) is 6.10 Å². The van der Waals surface area contributed by atoms with Crippen molar-refractivity contribution in [2.24, 2.45) is 0 Å². The number of carbonyl (C=O) groups is 1. The molecule has 1 saturated heterocycles. The molecule has 2 N–H and O–H groups in total. The highest BCUT2D eigenvalue weighted by Gasteiger charge is 2.38. The Kier molecular flexibility index (Phi) is 4.69. The summed E-state index contributed by atoms with van der Waals surface area (Å²) in [6.07, 6.45) is 2.17. The van der Waals surface area contributed by atoms with Gasteiger partial charge in [-0.1, -0.05) is 17.7 Å². The fourth-order valence-corrected chi connectivity index (χ4v) is 3.36. The molecule has 0 aromatic heterocycles. The van der Waals surface area contributed by atoms with Gasteiger partial charge in [0.1, 0.15) is 5.54 Å². The molecular formula is C17H25NO3. The zero-order valence-electron chi connectivity index (χ0n) is 13.3. The van der Waals surface area contributed by atoms with E-state index in [1.807, 2.05) is 32.9 Å². The molecule has 4 nitrogen and oxygen atoms in total. The molecule has 1 aliphatic rings. The minimum absolute atomic E-state index is 0.120. The summed E-state index contributed by atoms with van der Waals surface area (Å²) in [7, 11) is 0. The molecule has 0 spiro atoms. The monoisotopic (exact) mass is 291 g/mol. The molecule has 2 atom stereocenters. The molecule has 0 radical (unpaired) electrons. The molecule has 0 amide bonds. The van der Waals surface area contributed by atoms with Crippen molar-refractivity contribution < 1.29 is 14.6 Å². The van der Waals surface area contributed by atoms with Crippen LogP contribution < -0.4 is 5.32 Å². The number of carboxylic acid groups (broad SMARTS) is 1. The first-order chi connectivity index (χ1) is 9.84. The summed E-state index contributed by atoms with van der Waals surface area (Å²) in [5, 5.41) is 13.0. The highest BCUT2D eigenvalue weighted by molar-refractivity contribution is 5.81. The standard InChI is InChI=1S/C17H25NO3/c1-11-8-12(2)15(13(3)9-11)17(4,16(19)20)18-10-14-6-5-7-21-14/h8-9,14,18H,5-7,10H2,1-4H3,(H,19,20). The summed E-state index contributed by atoms with van der Waals surface area (Å²) in [5.74, 6) is -0.851. The van der Waals surface area contributed by atoms with Crippen LogP contribution in [0.25, 0.3) is 0 Å². The van der Waals surface area contributed by atoms with Gasteiger partial charge in [0.25, 0.3) is 0 Å². The Balaban J connectivity index is 2.30. The van der Waals surface area contributed by atoms with Crippen LogP contribution in [0.2, 0.25) is 0 Å². The van der Waals surface area contributed by atoms with E-state index in [1.165, 1.54) is 0 Å². The van der Waals surface area contributed by atoms with Crippen LogP contribution in [-0.2, 0) is 15.1 Å². The van der Waals surface area contributed by atoms with Crippen LogP contribution >= 0.6 is 0 Å². The number of carboxylic acids is 1. The zero-order chi connectivity index (χ0) is 15.6. The molecule has 0 saturated carbocycles. The summed E-state index contributed by atoms with van der Waals surface area (Å²) in [5.41, 5.74) is 2.95. The van der Waals surface area contributed by atoms with Gasteiger partial charge in [-0.15, -0.1) is 0 Å². The number of hydrogen-bond acceptors (Lipinski definition) is 3. The molecular weight excluding hydrogens is 266 g/mol. The molecule has 1 aromatic rings. The van der Waals surface area contributed by atoms with Gasteiger partial charge in [0.2, 0.25) is 0 Å². The highest BCUT2D eigenvalue weighted by atomic mass is 16.5. The molecule has 1 heterocycles. The minimum atomic E-state index is -1.09. The number of aryl methyl sites for hydroxylation is 3.